The number of anilines is 1. The van der Waals surface area contributed by atoms with E-state index in [1.807, 2.05) is 30.5 Å². The van der Waals surface area contributed by atoms with E-state index in [2.05, 4.69) is 30.6 Å². The van der Waals surface area contributed by atoms with Crippen LogP contribution >= 0.6 is 0 Å². The molecular formula is C19H17N7O. The summed E-state index contributed by atoms with van der Waals surface area (Å²) < 4.78 is 1.77. The number of H-pyrrole nitrogens is 1. The van der Waals surface area contributed by atoms with Crippen LogP contribution in [0.5, 0.6) is 0 Å². The molecule has 8 nitrogen and oxygen atoms in total. The fourth-order valence-electron chi connectivity index (χ4n) is 2.66. The highest BCUT2D eigenvalue weighted by Crippen LogP contribution is 2.11. The van der Waals surface area contributed by atoms with Crippen LogP contribution in [-0.4, -0.2) is 35.9 Å². The number of amides is 1. The highest BCUT2D eigenvalue weighted by atomic mass is 16.1. The minimum absolute atomic E-state index is 0.199. The van der Waals surface area contributed by atoms with Crippen molar-refractivity contribution in [2.75, 3.05) is 5.32 Å². The Kier molecular flexibility index (Phi) is 4.69. The lowest BCUT2D eigenvalue weighted by Crippen LogP contribution is -2.13. The molecule has 0 atom stereocenters. The molecule has 134 valence electrons. The number of rotatable bonds is 6. The second-order valence-corrected chi connectivity index (χ2v) is 6.01. The molecule has 4 aromatic rings. The van der Waals surface area contributed by atoms with E-state index >= 15 is 0 Å². The van der Waals surface area contributed by atoms with E-state index in [4.69, 9.17) is 0 Å². The third-order valence-corrected chi connectivity index (χ3v) is 4.03. The Morgan fingerprint density at radius 3 is 2.59 bits per heavy atom. The molecular weight excluding hydrogens is 342 g/mol. The molecule has 27 heavy (non-hydrogen) atoms. The number of nitrogens with zero attached hydrogens (tertiary/aromatic N) is 5. The standard InChI is InChI=1S/C19H17N7O/c27-19(16-3-1-14(2-4-16)11-18-21-13-22-24-18)23-17-7-10-26(25-17)12-15-5-8-20-9-6-15/h1-10,13H,11-12H2,(H,21,22,24)(H,23,25,27). The highest BCUT2D eigenvalue weighted by molar-refractivity contribution is 6.03. The molecule has 0 radical (unpaired) electrons. The second-order valence-electron chi connectivity index (χ2n) is 6.01. The van der Waals surface area contributed by atoms with Gasteiger partial charge in [-0.2, -0.15) is 10.2 Å². The van der Waals surface area contributed by atoms with Gasteiger partial charge in [0.25, 0.3) is 5.91 Å². The highest BCUT2D eigenvalue weighted by Gasteiger charge is 2.09. The van der Waals surface area contributed by atoms with Crippen LogP contribution in [0, 0.1) is 0 Å². The summed E-state index contributed by atoms with van der Waals surface area (Å²) in [5.74, 6) is 1.10. The van der Waals surface area contributed by atoms with Crippen LogP contribution in [0.25, 0.3) is 0 Å². The van der Waals surface area contributed by atoms with Gasteiger partial charge in [-0.1, -0.05) is 12.1 Å². The first-order valence-corrected chi connectivity index (χ1v) is 8.43. The zero-order chi connectivity index (χ0) is 18.5. The fraction of sp³-hybridized carbons (Fsp3) is 0.105. The summed E-state index contributed by atoms with van der Waals surface area (Å²) in [7, 11) is 0. The Labute approximate surface area is 155 Å². The number of carbonyl (C=O) groups excluding carboxylic acids is 1. The minimum Gasteiger partial charge on any atom is -0.305 e. The van der Waals surface area contributed by atoms with Crippen LogP contribution < -0.4 is 5.32 Å². The summed E-state index contributed by atoms with van der Waals surface area (Å²) in [6.07, 6.45) is 7.43. The number of hydrogen-bond acceptors (Lipinski definition) is 5. The van der Waals surface area contributed by atoms with Crippen LogP contribution in [0.4, 0.5) is 5.82 Å². The third-order valence-electron chi connectivity index (χ3n) is 4.03. The third kappa shape index (κ3) is 4.24. The molecule has 3 aromatic heterocycles. The van der Waals surface area contributed by atoms with E-state index in [1.165, 1.54) is 6.33 Å². The van der Waals surface area contributed by atoms with E-state index in [0.717, 1.165) is 17.0 Å². The Morgan fingerprint density at radius 1 is 1.04 bits per heavy atom. The van der Waals surface area contributed by atoms with Crippen molar-refractivity contribution in [3.05, 3.63) is 89.9 Å². The Balaban J connectivity index is 1.37. The van der Waals surface area contributed by atoms with Crippen LogP contribution in [0.1, 0.15) is 27.3 Å². The molecule has 0 aliphatic carbocycles. The molecule has 0 saturated heterocycles. The SMILES string of the molecule is O=C(Nc1ccn(Cc2ccncc2)n1)c1ccc(Cc2ncn[nH]2)cc1. The molecule has 1 aromatic carbocycles. The quantitative estimate of drug-likeness (QED) is 0.550. The van der Waals surface area contributed by atoms with Crippen LogP contribution in [0.3, 0.4) is 0 Å². The maximum atomic E-state index is 12.4. The zero-order valence-electron chi connectivity index (χ0n) is 14.4. The van der Waals surface area contributed by atoms with Crippen LogP contribution in [0.15, 0.2) is 67.4 Å². The number of hydrogen-bond donors (Lipinski definition) is 2. The smallest absolute Gasteiger partial charge is 0.256 e. The van der Waals surface area contributed by atoms with Crippen molar-refractivity contribution >= 4 is 11.7 Å². The molecule has 4 rings (SSSR count). The van der Waals surface area contributed by atoms with Gasteiger partial charge in [-0.15, -0.1) is 0 Å². The van der Waals surface area contributed by atoms with E-state index in [0.29, 0.717) is 24.3 Å². The Hall–Kier alpha value is -3.81. The van der Waals surface area contributed by atoms with Crippen molar-refractivity contribution in [3.8, 4) is 0 Å². The predicted molar refractivity (Wildman–Crippen MR) is 99.1 cm³/mol. The van der Waals surface area contributed by atoms with Gasteiger partial charge in [0, 0.05) is 36.6 Å². The van der Waals surface area contributed by atoms with Crippen molar-refractivity contribution < 1.29 is 4.79 Å². The summed E-state index contributed by atoms with van der Waals surface area (Å²) in [6.45, 7) is 0.620. The fourth-order valence-corrected chi connectivity index (χ4v) is 2.66. The average molecular weight is 359 g/mol. The van der Waals surface area contributed by atoms with Crippen molar-refractivity contribution in [3.63, 3.8) is 0 Å². The minimum atomic E-state index is -0.199. The second kappa shape index (κ2) is 7.61. The van der Waals surface area contributed by atoms with Gasteiger partial charge in [0.1, 0.15) is 12.2 Å². The Bertz CT molecular complexity index is 1010. The molecule has 0 saturated carbocycles. The lowest BCUT2D eigenvalue weighted by atomic mass is 10.1. The van der Waals surface area contributed by atoms with Gasteiger partial charge in [0.15, 0.2) is 5.82 Å². The van der Waals surface area contributed by atoms with Gasteiger partial charge in [-0.3, -0.25) is 19.6 Å². The number of benzene rings is 1. The van der Waals surface area contributed by atoms with Gasteiger partial charge in [0.2, 0.25) is 0 Å². The number of nitrogens with one attached hydrogen (secondary N) is 2. The van der Waals surface area contributed by atoms with Crippen molar-refractivity contribution in [1.29, 1.82) is 0 Å². The summed E-state index contributed by atoms with van der Waals surface area (Å²) in [5, 5.41) is 13.8. The maximum Gasteiger partial charge on any atom is 0.256 e. The Morgan fingerprint density at radius 2 is 1.85 bits per heavy atom. The predicted octanol–water partition coefficient (Wildman–Crippen LogP) is 2.29. The van der Waals surface area contributed by atoms with Crippen molar-refractivity contribution in [2.24, 2.45) is 0 Å². The molecule has 0 aliphatic rings. The molecule has 0 unspecified atom stereocenters. The normalized spacial score (nSPS) is 10.7. The molecule has 0 aliphatic heterocycles. The number of aromatic nitrogens is 6. The summed E-state index contributed by atoms with van der Waals surface area (Å²) >= 11 is 0. The van der Waals surface area contributed by atoms with Gasteiger partial charge in [-0.25, -0.2) is 4.98 Å². The van der Waals surface area contributed by atoms with E-state index in [-0.39, 0.29) is 5.91 Å². The monoisotopic (exact) mass is 359 g/mol. The molecule has 0 bridgehead atoms. The first-order valence-electron chi connectivity index (χ1n) is 8.43. The lowest BCUT2D eigenvalue weighted by Gasteiger charge is -2.04. The lowest BCUT2D eigenvalue weighted by molar-refractivity contribution is 0.102. The van der Waals surface area contributed by atoms with Gasteiger partial charge in [-0.05, 0) is 35.4 Å². The zero-order valence-corrected chi connectivity index (χ0v) is 14.4. The maximum absolute atomic E-state index is 12.4. The van der Waals surface area contributed by atoms with Crippen LogP contribution in [0.2, 0.25) is 0 Å². The van der Waals surface area contributed by atoms with Crippen molar-refractivity contribution in [1.82, 2.24) is 29.9 Å². The van der Waals surface area contributed by atoms with Crippen LogP contribution in [-0.2, 0) is 13.0 Å². The number of pyridine rings is 1. The molecule has 2 N–H and O–H groups in total. The summed E-state index contributed by atoms with van der Waals surface area (Å²) in [6, 6.07) is 13.0. The summed E-state index contributed by atoms with van der Waals surface area (Å²) in [4.78, 5) is 20.5. The van der Waals surface area contributed by atoms with Gasteiger partial charge < -0.3 is 5.32 Å². The van der Waals surface area contributed by atoms with Crippen molar-refractivity contribution in [2.45, 2.75) is 13.0 Å². The van der Waals surface area contributed by atoms with E-state index in [9.17, 15) is 4.79 Å². The molecule has 0 fully saturated rings. The van der Waals surface area contributed by atoms with Gasteiger partial charge in [0.05, 0.1) is 6.54 Å². The molecule has 8 heteroatoms. The molecule has 3 heterocycles. The number of carbonyl (C=O) groups is 1. The van der Waals surface area contributed by atoms with Gasteiger partial charge >= 0.3 is 0 Å². The topological polar surface area (TPSA) is 101 Å². The summed E-state index contributed by atoms with van der Waals surface area (Å²) in [5.41, 5.74) is 2.71. The molecule has 1 amide bonds. The average Bonchev–Trinajstić information content (AvgIpc) is 3.35. The van der Waals surface area contributed by atoms with E-state index in [1.54, 1.807) is 35.3 Å². The first kappa shape index (κ1) is 16.6. The molecule has 0 spiro atoms. The number of aromatic amines is 1. The largest absolute Gasteiger partial charge is 0.305 e. The van der Waals surface area contributed by atoms with E-state index < -0.39 is 0 Å². The first-order chi connectivity index (χ1) is 13.3.